The number of hydrogen-bond acceptors (Lipinski definition) is 2. The summed E-state index contributed by atoms with van der Waals surface area (Å²) in [5.74, 6) is -0.500. The van der Waals surface area contributed by atoms with Gasteiger partial charge in [-0.25, -0.2) is 4.79 Å². The van der Waals surface area contributed by atoms with Crippen molar-refractivity contribution in [3.05, 3.63) is 0 Å². The zero-order valence-electron chi connectivity index (χ0n) is 8.49. The number of carbonyl (C=O) groups is 2. The third-order valence-electron chi connectivity index (χ3n) is 2.24. The number of hydrogen-bond donors (Lipinski definition) is 2. The van der Waals surface area contributed by atoms with Gasteiger partial charge in [0.15, 0.2) is 0 Å². The molecule has 1 unspecified atom stereocenters. The first-order valence-electron chi connectivity index (χ1n) is 4.77. The van der Waals surface area contributed by atoms with Gasteiger partial charge >= 0.3 is 12.0 Å². The number of nitrogens with one attached hydrogen (secondary N) is 1. The molecule has 1 aliphatic heterocycles. The van der Waals surface area contributed by atoms with E-state index in [2.05, 4.69) is 19.2 Å². The third kappa shape index (κ3) is 2.61. The van der Waals surface area contributed by atoms with Gasteiger partial charge in [0.05, 0.1) is 6.04 Å². The minimum absolute atomic E-state index is 0.0265. The van der Waals surface area contributed by atoms with Crippen LogP contribution in [-0.2, 0) is 4.79 Å². The van der Waals surface area contributed by atoms with Crippen LogP contribution in [0.1, 0.15) is 20.3 Å². The molecule has 1 saturated heterocycles. The Kier molecular flexibility index (Phi) is 3.33. The van der Waals surface area contributed by atoms with Crippen molar-refractivity contribution in [2.75, 3.05) is 13.1 Å². The van der Waals surface area contributed by atoms with Crippen molar-refractivity contribution in [2.45, 2.75) is 26.3 Å². The first-order chi connectivity index (χ1) is 6.50. The van der Waals surface area contributed by atoms with Crippen molar-refractivity contribution in [3.63, 3.8) is 0 Å². The summed E-state index contributed by atoms with van der Waals surface area (Å²) < 4.78 is 0. The van der Waals surface area contributed by atoms with Crippen LogP contribution in [0.3, 0.4) is 0 Å². The van der Waals surface area contributed by atoms with E-state index in [1.54, 1.807) is 0 Å². The molecule has 80 valence electrons. The van der Waals surface area contributed by atoms with Gasteiger partial charge < -0.3 is 15.3 Å². The lowest BCUT2D eigenvalue weighted by Gasteiger charge is -2.22. The molecule has 1 atom stereocenters. The van der Waals surface area contributed by atoms with E-state index in [1.165, 1.54) is 4.90 Å². The fourth-order valence-corrected chi connectivity index (χ4v) is 1.68. The maximum absolute atomic E-state index is 11.3. The molecule has 0 aromatic heterocycles. The normalized spacial score (nSPS) is 21.5. The molecule has 1 fully saturated rings. The number of aliphatic carboxylic acids is 1. The van der Waals surface area contributed by atoms with E-state index in [-0.39, 0.29) is 18.6 Å². The van der Waals surface area contributed by atoms with Gasteiger partial charge in [-0.1, -0.05) is 13.8 Å². The molecular formula is C9H16N2O3. The molecule has 0 radical (unpaired) electrons. The second-order valence-corrected chi connectivity index (χ2v) is 3.99. The number of carbonyl (C=O) groups excluding carboxylic acids is 1. The van der Waals surface area contributed by atoms with Crippen molar-refractivity contribution in [1.82, 2.24) is 10.2 Å². The van der Waals surface area contributed by atoms with E-state index in [4.69, 9.17) is 5.11 Å². The summed E-state index contributed by atoms with van der Waals surface area (Å²) in [6.45, 7) is 4.47. The number of amides is 2. The fraction of sp³-hybridized carbons (Fsp3) is 0.778. The number of urea groups is 1. The maximum atomic E-state index is 11.3. The molecule has 0 aliphatic carbocycles. The summed E-state index contributed by atoms with van der Waals surface area (Å²) in [5, 5.41) is 11.3. The summed E-state index contributed by atoms with van der Waals surface area (Å²) in [5.41, 5.74) is 0. The van der Waals surface area contributed by atoms with Crippen LogP contribution < -0.4 is 5.32 Å². The molecule has 1 aliphatic rings. The topological polar surface area (TPSA) is 69.6 Å². The lowest BCUT2D eigenvalue weighted by atomic mass is 10.0. The predicted molar refractivity (Wildman–Crippen MR) is 51.0 cm³/mol. The zero-order chi connectivity index (χ0) is 10.7. The van der Waals surface area contributed by atoms with Crippen molar-refractivity contribution >= 4 is 12.0 Å². The van der Waals surface area contributed by atoms with Crippen LogP contribution in [0.4, 0.5) is 4.79 Å². The molecule has 0 bridgehead atoms. The molecule has 0 aromatic rings. The number of carboxylic acids is 1. The first-order valence-corrected chi connectivity index (χ1v) is 4.77. The van der Waals surface area contributed by atoms with E-state index >= 15 is 0 Å². The van der Waals surface area contributed by atoms with E-state index in [9.17, 15) is 9.59 Å². The third-order valence-corrected chi connectivity index (χ3v) is 2.24. The molecule has 2 amide bonds. The van der Waals surface area contributed by atoms with Gasteiger partial charge in [-0.05, 0) is 12.3 Å². The van der Waals surface area contributed by atoms with Crippen LogP contribution in [0, 0.1) is 5.92 Å². The minimum atomic E-state index is -0.962. The average Bonchev–Trinajstić information content (AvgIpc) is 2.34. The Hall–Kier alpha value is -1.26. The minimum Gasteiger partial charge on any atom is -0.480 e. The highest BCUT2D eigenvalue weighted by molar-refractivity contribution is 5.82. The van der Waals surface area contributed by atoms with Gasteiger partial charge in [0, 0.05) is 6.54 Å². The van der Waals surface area contributed by atoms with Gasteiger partial charge in [-0.15, -0.1) is 0 Å². The van der Waals surface area contributed by atoms with Crippen molar-refractivity contribution in [1.29, 1.82) is 0 Å². The predicted octanol–water partition coefficient (Wildman–Crippen LogP) is 0.511. The number of nitrogens with zero attached hydrogens (tertiary/aromatic N) is 1. The number of rotatable bonds is 4. The van der Waals surface area contributed by atoms with Crippen molar-refractivity contribution < 1.29 is 14.7 Å². The SMILES string of the molecule is CC(C)CC1CNC(=O)N1CC(=O)O. The Labute approximate surface area is 83.1 Å². The second kappa shape index (κ2) is 4.30. The highest BCUT2D eigenvalue weighted by Gasteiger charge is 2.32. The summed E-state index contributed by atoms with van der Waals surface area (Å²) in [6, 6.07) is -0.239. The molecule has 1 rings (SSSR count). The Morgan fingerprint density at radius 1 is 1.71 bits per heavy atom. The molecule has 1 heterocycles. The molecule has 5 nitrogen and oxygen atoms in total. The summed E-state index contributed by atoms with van der Waals surface area (Å²) >= 11 is 0. The largest absolute Gasteiger partial charge is 0.480 e. The van der Waals surface area contributed by atoms with Crippen LogP contribution in [-0.4, -0.2) is 41.1 Å². The lowest BCUT2D eigenvalue weighted by Crippen LogP contribution is -2.38. The first kappa shape index (κ1) is 10.8. The molecule has 0 aromatic carbocycles. The molecular weight excluding hydrogens is 184 g/mol. The second-order valence-electron chi connectivity index (χ2n) is 3.99. The highest BCUT2D eigenvalue weighted by Crippen LogP contribution is 2.15. The Morgan fingerprint density at radius 3 is 2.86 bits per heavy atom. The fourth-order valence-electron chi connectivity index (χ4n) is 1.68. The van der Waals surface area contributed by atoms with Gasteiger partial charge in [0.1, 0.15) is 6.54 Å². The number of carboxylic acid groups (broad SMARTS) is 1. The summed E-state index contributed by atoms with van der Waals surface area (Å²) in [7, 11) is 0. The van der Waals surface area contributed by atoms with E-state index in [1.807, 2.05) is 0 Å². The Balaban J connectivity index is 2.57. The quantitative estimate of drug-likeness (QED) is 0.694. The molecule has 2 N–H and O–H groups in total. The van der Waals surface area contributed by atoms with Crippen molar-refractivity contribution in [2.24, 2.45) is 5.92 Å². The smallest absolute Gasteiger partial charge is 0.323 e. The standard InChI is InChI=1S/C9H16N2O3/c1-6(2)3-7-4-10-9(14)11(7)5-8(12)13/h6-7H,3-5H2,1-2H3,(H,10,14)(H,12,13). The van der Waals surface area contributed by atoms with Crippen LogP contribution in [0.2, 0.25) is 0 Å². The summed E-state index contributed by atoms with van der Waals surface area (Å²) in [4.78, 5) is 23.2. The van der Waals surface area contributed by atoms with Gasteiger partial charge in [-0.3, -0.25) is 4.79 Å². The van der Waals surface area contributed by atoms with E-state index < -0.39 is 5.97 Å². The van der Waals surface area contributed by atoms with Crippen LogP contribution in [0.25, 0.3) is 0 Å². The van der Waals surface area contributed by atoms with E-state index in [0.717, 1.165) is 6.42 Å². The monoisotopic (exact) mass is 200 g/mol. The Bertz CT molecular complexity index is 240. The maximum Gasteiger partial charge on any atom is 0.323 e. The van der Waals surface area contributed by atoms with Crippen molar-refractivity contribution in [3.8, 4) is 0 Å². The zero-order valence-corrected chi connectivity index (χ0v) is 8.49. The molecule has 5 heteroatoms. The van der Waals surface area contributed by atoms with Crippen LogP contribution in [0.15, 0.2) is 0 Å². The molecule has 14 heavy (non-hydrogen) atoms. The average molecular weight is 200 g/mol. The Morgan fingerprint density at radius 2 is 2.36 bits per heavy atom. The summed E-state index contributed by atoms with van der Waals surface area (Å²) in [6.07, 6.45) is 0.839. The highest BCUT2D eigenvalue weighted by atomic mass is 16.4. The lowest BCUT2D eigenvalue weighted by molar-refractivity contribution is -0.137. The van der Waals surface area contributed by atoms with Gasteiger partial charge in [0.25, 0.3) is 0 Å². The van der Waals surface area contributed by atoms with Gasteiger partial charge in [-0.2, -0.15) is 0 Å². The van der Waals surface area contributed by atoms with Crippen LogP contribution >= 0.6 is 0 Å². The molecule has 0 spiro atoms. The van der Waals surface area contributed by atoms with Crippen LogP contribution in [0.5, 0.6) is 0 Å². The van der Waals surface area contributed by atoms with Gasteiger partial charge in [0.2, 0.25) is 0 Å². The van der Waals surface area contributed by atoms with E-state index in [0.29, 0.717) is 12.5 Å². The molecule has 0 saturated carbocycles.